The summed E-state index contributed by atoms with van der Waals surface area (Å²) >= 11 is 6.00. The van der Waals surface area contributed by atoms with Crippen LogP contribution in [0.3, 0.4) is 0 Å². The molecule has 0 radical (unpaired) electrons. The van der Waals surface area contributed by atoms with Crippen molar-refractivity contribution in [2.75, 3.05) is 13.1 Å². The number of fused-ring (bicyclic) bond motifs is 1. The topological polar surface area (TPSA) is 96.8 Å². The van der Waals surface area contributed by atoms with Gasteiger partial charge in [0.1, 0.15) is 17.5 Å². The summed E-state index contributed by atoms with van der Waals surface area (Å²) in [5.41, 5.74) is 0.00520. The standard InChI is InChI=1S/C23H19ClF2N6O2/c24-15-4-1-3-14(11-15)23(34)31-9-7-13(8-10-31)20-27-21-19(22(33)28-20)29-30-32(21)12-16-17(25)5-2-6-18(16)26/h1-6,11,13H,7-10,12H2,(H,27,28,33). The van der Waals surface area contributed by atoms with E-state index in [1.54, 1.807) is 29.2 Å². The second-order valence-electron chi connectivity index (χ2n) is 8.15. The minimum absolute atomic E-state index is 0.00549. The first-order valence-electron chi connectivity index (χ1n) is 10.7. The Morgan fingerprint density at radius 3 is 2.53 bits per heavy atom. The van der Waals surface area contributed by atoms with E-state index in [-0.39, 0.29) is 35.1 Å². The number of amides is 1. The molecule has 1 saturated heterocycles. The van der Waals surface area contributed by atoms with Crippen molar-refractivity contribution in [3.63, 3.8) is 0 Å². The van der Waals surface area contributed by atoms with Gasteiger partial charge in [0, 0.05) is 35.2 Å². The summed E-state index contributed by atoms with van der Waals surface area (Å²) in [6, 6.07) is 10.4. The van der Waals surface area contributed by atoms with Gasteiger partial charge >= 0.3 is 0 Å². The first-order valence-corrected chi connectivity index (χ1v) is 11.1. The van der Waals surface area contributed by atoms with Crippen LogP contribution < -0.4 is 5.56 Å². The molecule has 1 aliphatic heterocycles. The smallest absolute Gasteiger partial charge is 0.281 e. The van der Waals surface area contributed by atoms with E-state index in [0.29, 0.717) is 42.3 Å². The molecule has 174 valence electrons. The number of halogens is 3. The fourth-order valence-corrected chi connectivity index (χ4v) is 4.37. The lowest BCUT2D eigenvalue weighted by Gasteiger charge is -2.31. The third-order valence-corrected chi connectivity index (χ3v) is 6.24. The van der Waals surface area contributed by atoms with E-state index in [9.17, 15) is 18.4 Å². The van der Waals surface area contributed by atoms with Crippen molar-refractivity contribution in [2.45, 2.75) is 25.3 Å². The summed E-state index contributed by atoms with van der Waals surface area (Å²) in [5, 5.41) is 8.21. The third-order valence-electron chi connectivity index (χ3n) is 6.00. The van der Waals surface area contributed by atoms with Crippen molar-refractivity contribution >= 4 is 28.7 Å². The number of likely N-dealkylation sites (tertiary alicyclic amines) is 1. The molecular formula is C23H19ClF2N6O2. The highest BCUT2D eigenvalue weighted by molar-refractivity contribution is 6.30. The Morgan fingerprint density at radius 1 is 1.12 bits per heavy atom. The lowest BCUT2D eigenvalue weighted by Crippen LogP contribution is -2.38. The Hall–Kier alpha value is -3.66. The van der Waals surface area contributed by atoms with Crippen LogP contribution in [-0.2, 0) is 6.54 Å². The maximum Gasteiger partial charge on any atom is 0.281 e. The Kier molecular flexibility index (Phi) is 5.82. The van der Waals surface area contributed by atoms with Gasteiger partial charge in [-0.05, 0) is 43.2 Å². The van der Waals surface area contributed by atoms with E-state index in [0.717, 1.165) is 12.1 Å². The Labute approximate surface area is 197 Å². The molecule has 0 unspecified atom stereocenters. The zero-order valence-electron chi connectivity index (χ0n) is 17.8. The predicted octanol–water partition coefficient (Wildman–Crippen LogP) is 3.51. The fraction of sp³-hybridized carbons (Fsp3) is 0.261. The molecule has 8 nitrogen and oxygen atoms in total. The summed E-state index contributed by atoms with van der Waals surface area (Å²) in [4.78, 5) is 34.4. The monoisotopic (exact) mass is 484 g/mol. The molecule has 0 bridgehead atoms. The van der Waals surface area contributed by atoms with Crippen LogP contribution in [0.25, 0.3) is 11.2 Å². The molecule has 5 rings (SSSR count). The maximum atomic E-state index is 14.1. The predicted molar refractivity (Wildman–Crippen MR) is 121 cm³/mol. The number of rotatable bonds is 4. The molecule has 1 aliphatic rings. The number of H-pyrrole nitrogens is 1. The normalized spacial score (nSPS) is 14.6. The number of nitrogens with one attached hydrogen (secondary N) is 1. The fourth-order valence-electron chi connectivity index (χ4n) is 4.18. The van der Waals surface area contributed by atoms with Crippen LogP contribution in [0.4, 0.5) is 8.78 Å². The SMILES string of the molecule is O=C(c1cccc(Cl)c1)N1CCC(c2nc3c(nnn3Cc3c(F)cccc3F)c(=O)[nH]2)CC1. The van der Waals surface area contributed by atoms with Gasteiger partial charge in [-0.1, -0.05) is 28.9 Å². The molecule has 4 aromatic rings. The molecule has 1 fully saturated rings. The molecule has 0 saturated carbocycles. The number of nitrogens with zero attached hydrogens (tertiary/aromatic N) is 5. The van der Waals surface area contributed by atoms with Crippen LogP contribution in [-0.4, -0.2) is 48.9 Å². The average Bonchev–Trinajstić information content (AvgIpc) is 3.24. The van der Waals surface area contributed by atoms with Crippen molar-refractivity contribution in [3.05, 3.63) is 86.4 Å². The van der Waals surface area contributed by atoms with Crippen LogP contribution in [0.5, 0.6) is 0 Å². The van der Waals surface area contributed by atoms with Crippen molar-refractivity contribution in [1.29, 1.82) is 0 Å². The van der Waals surface area contributed by atoms with Crippen LogP contribution in [0.15, 0.2) is 47.3 Å². The minimum atomic E-state index is -0.717. The second-order valence-corrected chi connectivity index (χ2v) is 8.58. The summed E-state index contributed by atoms with van der Waals surface area (Å²) < 4.78 is 29.4. The van der Waals surface area contributed by atoms with Gasteiger partial charge < -0.3 is 9.88 Å². The number of aromatic nitrogens is 5. The summed E-state index contributed by atoms with van der Waals surface area (Å²) in [7, 11) is 0. The van der Waals surface area contributed by atoms with Gasteiger partial charge in [0.15, 0.2) is 11.2 Å². The molecule has 0 aliphatic carbocycles. The Morgan fingerprint density at radius 2 is 1.82 bits per heavy atom. The summed E-state index contributed by atoms with van der Waals surface area (Å²) in [5.74, 6) is -1.21. The molecule has 3 heterocycles. The molecule has 2 aromatic carbocycles. The van der Waals surface area contributed by atoms with Crippen molar-refractivity contribution in [3.8, 4) is 0 Å². The van der Waals surface area contributed by atoms with Gasteiger partial charge in [-0.3, -0.25) is 9.59 Å². The molecule has 11 heteroatoms. The number of hydrogen-bond donors (Lipinski definition) is 1. The van der Waals surface area contributed by atoms with Gasteiger partial charge in [0.05, 0.1) is 6.54 Å². The molecule has 0 spiro atoms. The van der Waals surface area contributed by atoms with Crippen LogP contribution in [0.2, 0.25) is 5.02 Å². The molecule has 34 heavy (non-hydrogen) atoms. The van der Waals surface area contributed by atoms with E-state index < -0.39 is 17.2 Å². The molecule has 0 atom stereocenters. The Balaban J connectivity index is 1.37. The highest BCUT2D eigenvalue weighted by Gasteiger charge is 2.27. The average molecular weight is 485 g/mol. The second kappa shape index (κ2) is 8.94. The highest BCUT2D eigenvalue weighted by Crippen LogP contribution is 2.27. The lowest BCUT2D eigenvalue weighted by molar-refractivity contribution is 0.0711. The largest absolute Gasteiger partial charge is 0.339 e. The molecule has 2 aromatic heterocycles. The van der Waals surface area contributed by atoms with Crippen molar-refractivity contribution < 1.29 is 13.6 Å². The van der Waals surface area contributed by atoms with Crippen LogP contribution >= 0.6 is 11.6 Å². The van der Waals surface area contributed by atoms with E-state index in [1.807, 2.05) is 0 Å². The summed E-state index contributed by atoms with van der Waals surface area (Å²) in [6.07, 6.45) is 1.18. The number of benzene rings is 2. The lowest BCUT2D eigenvalue weighted by atomic mass is 9.95. The third kappa shape index (κ3) is 4.16. The van der Waals surface area contributed by atoms with E-state index >= 15 is 0 Å². The quantitative estimate of drug-likeness (QED) is 0.478. The molecular weight excluding hydrogens is 466 g/mol. The van der Waals surface area contributed by atoms with Crippen LogP contribution in [0, 0.1) is 11.6 Å². The molecule has 1 amide bonds. The minimum Gasteiger partial charge on any atom is -0.339 e. The molecule has 1 N–H and O–H groups in total. The van der Waals surface area contributed by atoms with Gasteiger partial charge in [-0.25, -0.2) is 18.4 Å². The van der Waals surface area contributed by atoms with E-state index in [2.05, 4.69) is 20.3 Å². The van der Waals surface area contributed by atoms with Gasteiger partial charge in [0.2, 0.25) is 0 Å². The first kappa shape index (κ1) is 22.1. The van der Waals surface area contributed by atoms with Gasteiger partial charge in [0.25, 0.3) is 11.5 Å². The van der Waals surface area contributed by atoms with E-state index in [4.69, 9.17) is 11.6 Å². The van der Waals surface area contributed by atoms with Gasteiger partial charge in [-0.15, -0.1) is 5.10 Å². The zero-order valence-corrected chi connectivity index (χ0v) is 18.6. The first-order chi connectivity index (χ1) is 16.4. The summed E-state index contributed by atoms with van der Waals surface area (Å²) in [6.45, 7) is 0.711. The van der Waals surface area contributed by atoms with Crippen molar-refractivity contribution in [1.82, 2.24) is 29.9 Å². The van der Waals surface area contributed by atoms with Crippen molar-refractivity contribution in [2.24, 2.45) is 0 Å². The maximum absolute atomic E-state index is 14.1. The number of carbonyl (C=O) groups excluding carboxylic acids is 1. The number of piperidine rings is 1. The zero-order chi connectivity index (χ0) is 23.8. The van der Waals surface area contributed by atoms with Crippen LogP contribution in [0.1, 0.15) is 40.5 Å². The van der Waals surface area contributed by atoms with Gasteiger partial charge in [-0.2, -0.15) is 0 Å². The highest BCUT2D eigenvalue weighted by atomic mass is 35.5. The number of hydrogen-bond acceptors (Lipinski definition) is 5. The number of carbonyl (C=O) groups is 1. The van der Waals surface area contributed by atoms with E-state index in [1.165, 1.54) is 10.7 Å². The number of aromatic amines is 1. The Bertz CT molecular complexity index is 1420.